The average Bonchev–Trinajstić information content (AvgIpc) is 2.40. The third-order valence-corrected chi connectivity index (χ3v) is 3.48. The number of thioether (sulfide) groups is 1. The Bertz CT molecular complexity index is 408. The molecule has 1 aromatic carbocycles. The molecule has 0 heterocycles. The fourth-order valence-electron chi connectivity index (χ4n) is 1.54. The molecular formula is C14H18FNO2S. The normalized spacial score (nSPS) is 10.2. The van der Waals surface area contributed by atoms with Crippen molar-refractivity contribution in [2.24, 2.45) is 0 Å². The average molecular weight is 283 g/mol. The molecule has 0 spiro atoms. The molecule has 1 aromatic rings. The van der Waals surface area contributed by atoms with Crippen molar-refractivity contribution in [3.05, 3.63) is 42.7 Å². The molecule has 0 radical (unpaired) electrons. The quantitative estimate of drug-likeness (QED) is 0.588. The Morgan fingerprint density at radius 3 is 2.68 bits per heavy atom. The Morgan fingerprint density at radius 2 is 2.11 bits per heavy atom. The summed E-state index contributed by atoms with van der Waals surface area (Å²) in [5.41, 5.74) is 0. The van der Waals surface area contributed by atoms with Crippen LogP contribution in [0.25, 0.3) is 0 Å². The SMILES string of the molecule is C=CCN(CCO)C(=O)CCSc1ccc(F)cc1. The predicted octanol–water partition coefficient (Wildman–Crippen LogP) is 2.31. The molecule has 0 saturated carbocycles. The molecule has 19 heavy (non-hydrogen) atoms. The molecule has 0 atom stereocenters. The van der Waals surface area contributed by atoms with E-state index in [4.69, 9.17) is 5.11 Å². The zero-order valence-electron chi connectivity index (χ0n) is 10.7. The Labute approximate surface area is 117 Å². The lowest BCUT2D eigenvalue weighted by atomic mass is 10.3. The summed E-state index contributed by atoms with van der Waals surface area (Å²) in [6.45, 7) is 4.30. The predicted molar refractivity (Wildman–Crippen MR) is 75.6 cm³/mol. The molecule has 3 nitrogen and oxygen atoms in total. The lowest BCUT2D eigenvalue weighted by molar-refractivity contribution is -0.130. The number of aliphatic hydroxyl groups is 1. The molecule has 0 fully saturated rings. The van der Waals surface area contributed by atoms with Gasteiger partial charge in [0.25, 0.3) is 0 Å². The van der Waals surface area contributed by atoms with Crippen molar-refractivity contribution in [2.45, 2.75) is 11.3 Å². The van der Waals surface area contributed by atoms with Gasteiger partial charge in [0.15, 0.2) is 0 Å². The van der Waals surface area contributed by atoms with Crippen molar-refractivity contribution in [3.63, 3.8) is 0 Å². The van der Waals surface area contributed by atoms with Crippen LogP contribution in [0.5, 0.6) is 0 Å². The van der Waals surface area contributed by atoms with Crippen LogP contribution in [-0.4, -0.2) is 41.4 Å². The Balaban J connectivity index is 2.36. The van der Waals surface area contributed by atoms with E-state index in [2.05, 4.69) is 6.58 Å². The van der Waals surface area contributed by atoms with Gasteiger partial charge in [-0.05, 0) is 24.3 Å². The van der Waals surface area contributed by atoms with Gasteiger partial charge in [0.2, 0.25) is 5.91 Å². The minimum Gasteiger partial charge on any atom is -0.395 e. The molecule has 1 amide bonds. The Hall–Kier alpha value is -1.33. The monoisotopic (exact) mass is 283 g/mol. The minimum absolute atomic E-state index is 0.0106. The molecule has 0 aliphatic rings. The third-order valence-electron chi connectivity index (χ3n) is 2.47. The fraction of sp³-hybridized carbons (Fsp3) is 0.357. The number of hydrogen-bond acceptors (Lipinski definition) is 3. The van der Waals surface area contributed by atoms with Crippen molar-refractivity contribution in [2.75, 3.05) is 25.4 Å². The van der Waals surface area contributed by atoms with Gasteiger partial charge in [0.1, 0.15) is 5.82 Å². The first kappa shape index (κ1) is 15.7. The van der Waals surface area contributed by atoms with E-state index in [-0.39, 0.29) is 18.3 Å². The van der Waals surface area contributed by atoms with Crippen LogP contribution >= 0.6 is 11.8 Å². The molecule has 5 heteroatoms. The third kappa shape index (κ3) is 5.89. The molecule has 0 unspecified atom stereocenters. The van der Waals surface area contributed by atoms with Gasteiger partial charge in [-0.25, -0.2) is 4.39 Å². The number of hydrogen-bond donors (Lipinski definition) is 1. The first-order valence-electron chi connectivity index (χ1n) is 6.05. The highest BCUT2D eigenvalue weighted by Crippen LogP contribution is 2.19. The zero-order valence-corrected chi connectivity index (χ0v) is 11.5. The van der Waals surface area contributed by atoms with E-state index in [0.717, 1.165) is 4.90 Å². The summed E-state index contributed by atoms with van der Waals surface area (Å²) in [6.07, 6.45) is 2.02. The van der Waals surface area contributed by atoms with E-state index in [0.29, 0.717) is 25.3 Å². The Morgan fingerprint density at radius 1 is 1.42 bits per heavy atom. The number of carbonyl (C=O) groups excluding carboxylic acids is 1. The van der Waals surface area contributed by atoms with E-state index in [1.54, 1.807) is 23.1 Å². The molecule has 0 saturated heterocycles. The second kappa shape index (κ2) is 8.72. The Kier molecular flexibility index (Phi) is 7.22. The van der Waals surface area contributed by atoms with E-state index in [1.807, 2.05) is 0 Å². The zero-order chi connectivity index (χ0) is 14.1. The number of aliphatic hydroxyl groups excluding tert-OH is 1. The lowest BCUT2D eigenvalue weighted by Crippen LogP contribution is -2.33. The maximum atomic E-state index is 12.7. The van der Waals surface area contributed by atoms with Crippen molar-refractivity contribution < 1.29 is 14.3 Å². The number of halogens is 1. The second-order valence-corrected chi connectivity index (χ2v) is 5.07. The van der Waals surface area contributed by atoms with Crippen LogP contribution in [0.15, 0.2) is 41.8 Å². The van der Waals surface area contributed by atoms with Crippen molar-refractivity contribution in [3.8, 4) is 0 Å². The minimum atomic E-state index is -0.263. The highest BCUT2D eigenvalue weighted by Gasteiger charge is 2.11. The van der Waals surface area contributed by atoms with Gasteiger partial charge in [-0.1, -0.05) is 6.08 Å². The highest BCUT2D eigenvalue weighted by atomic mass is 32.2. The summed E-state index contributed by atoms with van der Waals surface area (Å²) in [5, 5.41) is 8.87. The summed E-state index contributed by atoms with van der Waals surface area (Å²) < 4.78 is 12.7. The molecule has 0 aliphatic heterocycles. The standard InChI is InChI=1S/C14H18FNO2S/c1-2-8-16(9-10-17)14(18)7-11-19-13-5-3-12(15)4-6-13/h2-6,17H,1,7-11H2. The van der Waals surface area contributed by atoms with Crippen LogP contribution in [0, 0.1) is 5.82 Å². The lowest BCUT2D eigenvalue weighted by Gasteiger charge is -2.19. The first-order chi connectivity index (χ1) is 9.17. The van der Waals surface area contributed by atoms with Gasteiger partial charge in [-0.2, -0.15) is 0 Å². The molecule has 0 bridgehead atoms. The van der Waals surface area contributed by atoms with Gasteiger partial charge < -0.3 is 10.0 Å². The first-order valence-corrected chi connectivity index (χ1v) is 7.04. The van der Waals surface area contributed by atoms with Crippen LogP contribution < -0.4 is 0 Å². The van der Waals surface area contributed by atoms with Crippen LogP contribution in [0.1, 0.15) is 6.42 Å². The van der Waals surface area contributed by atoms with Crippen molar-refractivity contribution >= 4 is 17.7 Å². The summed E-state index contributed by atoms with van der Waals surface area (Å²) in [7, 11) is 0. The van der Waals surface area contributed by atoms with Gasteiger partial charge >= 0.3 is 0 Å². The van der Waals surface area contributed by atoms with Crippen LogP contribution in [0.2, 0.25) is 0 Å². The van der Waals surface area contributed by atoms with Crippen LogP contribution in [-0.2, 0) is 4.79 Å². The molecule has 0 aliphatic carbocycles. The summed E-state index contributed by atoms with van der Waals surface area (Å²) in [5.74, 6) is 0.355. The maximum absolute atomic E-state index is 12.7. The van der Waals surface area contributed by atoms with Gasteiger partial charge in [0.05, 0.1) is 6.61 Å². The van der Waals surface area contributed by atoms with E-state index < -0.39 is 0 Å². The van der Waals surface area contributed by atoms with Gasteiger partial charge in [-0.3, -0.25) is 4.79 Å². The van der Waals surface area contributed by atoms with Crippen LogP contribution in [0.4, 0.5) is 4.39 Å². The summed E-state index contributed by atoms with van der Waals surface area (Å²) in [6, 6.07) is 6.19. The molecular weight excluding hydrogens is 265 g/mol. The highest BCUT2D eigenvalue weighted by molar-refractivity contribution is 7.99. The molecule has 104 valence electrons. The summed E-state index contributed by atoms with van der Waals surface area (Å²) >= 11 is 1.51. The molecule has 0 aromatic heterocycles. The van der Waals surface area contributed by atoms with Crippen LogP contribution in [0.3, 0.4) is 0 Å². The van der Waals surface area contributed by atoms with E-state index in [9.17, 15) is 9.18 Å². The number of amides is 1. The van der Waals surface area contributed by atoms with Crippen molar-refractivity contribution in [1.82, 2.24) is 4.90 Å². The number of nitrogens with zero attached hydrogens (tertiary/aromatic N) is 1. The maximum Gasteiger partial charge on any atom is 0.223 e. The molecule has 1 rings (SSSR count). The molecule has 1 N–H and O–H groups in total. The summed E-state index contributed by atoms with van der Waals surface area (Å²) in [4.78, 5) is 14.4. The van der Waals surface area contributed by atoms with Gasteiger partial charge in [-0.15, -0.1) is 18.3 Å². The van der Waals surface area contributed by atoms with Gasteiger partial charge in [0, 0.05) is 30.2 Å². The second-order valence-electron chi connectivity index (χ2n) is 3.90. The topological polar surface area (TPSA) is 40.5 Å². The smallest absolute Gasteiger partial charge is 0.223 e. The van der Waals surface area contributed by atoms with E-state index >= 15 is 0 Å². The largest absolute Gasteiger partial charge is 0.395 e. The van der Waals surface area contributed by atoms with E-state index in [1.165, 1.54) is 23.9 Å². The fourth-order valence-corrected chi connectivity index (χ4v) is 2.38. The number of carbonyl (C=O) groups is 1. The number of rotatable bonds is 8. The van der Waals surface area contributed by atoms with Crippen molar-refractivity contribution in [1.29, 1.82) is 0 Å². The number of benzene rings is 1.